The lowest BCUT2D eigenvalue weighted by Gasteiger charge is -2.29. The number of halogens is 1. The molecule has 1 aromatic carbocycles. The van der Waals surface area contributed by atoms with Gasteiger partial charge in [0.2, 0.25) is 0 Å². The zero-order valence-electron chi connectivity index (χ0n) is 10.1. The van der Waals surface area contributed by atoms with Crippen molar-refractivity contribution in [1.29, 1.82) is 0 Å². The van der Waals surface area contributed by atoms with Crippen LogP contribution < -0.4 is 15.8 Å². The van der Waals surface area contributed by atoms with Gasteiger partial charge < -0.3 is 15.8 Å². The third kappa shape index (κ3) is 2.76. The molecule has 2 atom stereocenters. The fraction of sp³-hybridized carbons (Fsp3) is 0.538. The summed E-state index contributed by atoms with van der Waals surface area (Å²) in [5, 5.41) is 3.39. The molecule has 94 valence electrons. The highest BCUT2D eigenvalue weighted by atomic mass is 19.1. The first-order chi connectivity index (χ1) is 8.22. The van der Waals surface area contributed by atoms with Gasteiger partial charge in [0, 0.05) is 17.6 Å². The van der Waals surface area contributed by atoms with Crippen LogP contribution in [0, 0.1) is 5.82 Å². The van der Waals surface area contributed by atoms with Crippen molar-refractivity contribution in [2.24, 2.45) is 5.73 Å². The van der Waals surface area contributed by atoms with Crippen molar-refractivity contribution in [2.75, 3.05) is 13.7 Å². The van der Waals surface area contributed by atoms with Gasteiger partial charge in [-0.25, -0.2) is 4.39 Å². The van der Waals surface area contributed by atoms with Gasteiger partial charge in [0.1, 0.15) is 11.6 Å². The fourth-order valence-electron chi connectivity index (χ4n) is 2.37. The lowest BCUT2D eigenvalue weighted by atomic mass is 9.93. The van der Waals surface area contributed by atoms with E-state index in [1.54, 1.807) is 13.2 Å². The first-order valence-corrected chi connectivity index (χ1v) is 6.05. The first kappa shape index (κ1) is 12.3. The molecule has 2 rings (SSSR count). The van der Waals surface area contributed by atoms with E-state index in [9.17, 15) is 4.39 Å². The van der Waals surface area contributed by atoms with Crippen molar-refractivity contribution < 1.29 is 9.13 Å². The maximum Gasteiger partial charge on any atom is 0.123 e. The van der Waals surface area contributed by atoms with Gasteiger partial charge in [-0.15, -0.1) is 0 Å². The summed E-state index contributed by atoms with van der Waals surface area (Å²) in [6, 6.07) is 4.48. The zero-order valence-corrected chi connectivity index (χ0v) is 10.1. The quantitative estimate of drug-likeness (QED) is 0.846. The van der Waals surface area contributed by atoms with E-state index < -0.39 is 0 Å². The number of hydrogen-bond donors (Lipinski definition) is 2. The van der Waals surface area contributed by atoms with Crippen LogP contribution in [0.4, 0.5) is 4.39 Å². The Morgan fingerprint density at radius 3 is 2.94 bits per heavy atom. The minimum Gasteiger partial charge on any atom is -0.496 e. The number of benzene rings is 1. The molecule has 0 bridgehead atoms. The van der Waals surface area contributed by atoms with Crippen molar-refractivity contribution in [3.05, 3.63) is 29.6 Å². The van der Waals surface area contributed by atoms with Crippen molar-refractivity contribution >= 4 is 0 Å². The zero-order chi connectivity index (χ0) is 12.3. The monoisotopic (exact) mass is 238 g/mol. The number of nitrogens with two attached hydrogens (primary N) is 1. The number of methoxy groups -OCH3 is 1. The van der Waals surface area contributed by atoms with E-state index >= 15 is 0 Å². The summed E-state index contributed by atoms with van der Waals surface area (Å²) in [5.74, 6) is 0.387. The Hall–Kier alpha value is -1.13. The lowest BCUT2D eigenvalue weighted by Crippen LogP contribution is -2.42. The smallest absolute Gasteiger partial charge is 0.123 e. The third-order valence-electron chi connectivity index (χ3n) is 3.33. The van der Waals surface area contributed by atoms with Crippen LogP contribution in [0.2, 0.25) is 0 Å². The molecule has 1 aliphatic rings. The van der Waals surface area contributed by atoms with E-state index in [1.807, 2.05) is 0 Å². The average Bonchev–Trinajstić information content (AvgIpc) is 2.39. The minimum absolute atomic E-state index is 0.208. The van der Waals surface area contributed by atoms with Gasteiger partial charge in [-0.1, -0.05) is 6.42 Å². The van der Waals surface area contributed by atoms with Crippen LogP contribution in [0.25, 0.3) is 0 Å². The van der Waals surface area contributed by atoms with Crippen molar-refractivity contribution in [3.8, 4) is 5.75 Å². The van der Waals surface area contributed by atoms with Gasteiger partial charge in [-0.2, -0.15) is 0 Å². The highest BCUT2D eigenvalue weighted by Crippen LogP contribution is 2.29. The molecule has 0 aromatic heterocycles. The van der Waals surface area contributed by atoms with Crippen LogP contribution >= 0.6 is 0 Å². The third-order valence-corrected chi connectivity index (χ3v) is 3.33. The van der Waals surface area contributed by atoms with E-state index in [-0.39, 0.29) is 17.9 Å². The van der Waals surface area contributed by atoms with E-state index in [0.717, 1.165) is 18.5 Å². The van der Waals surface area contributed by atoms with E-state index in [2.05, 4.69) is 5.32 Å². The molecule has 0 amide bonds. The minimum atomic E-state index is -0.271. The van der Waals surface area contributed by atoms with Gasteiger partial charge in [0.05, 0.1) is 7.11 Å². The molecule has 0 aliphatic carbocycles. The SMILES string of the molecule is COc1ccc(F)cc1C(N)C1CCCCN1. The maximum atomic E-state index is 13.3. The molecule has 0 saturated carbocycles. The van der Waals surface area contributed by atoms with Crippen LogP contribution in [-0.4, -0.2) is 19.7 Å². The molecule has 4 heteroatoms. The highest BCUT2D eigenvalue weighted by Gasteiger charge is 2.24. The predicted octanol–water partition coefficient (Wildman–Crippen LogP) is 1.98. The molecule has 0 radical (unpaired) electrons. The topological polar surface area (TPSA) is 47.3 Å². The molecule has 1 saturated heterocycles. The molecule has 1 heterocycles. The Kier molecular flexibility index (Phi) is 3.97. The summed E-state index contributed by atoms with van der Waals surface area (Å²) in [5.41, 5.74) is 6.95. The van der Waals surface area contributed by atoms with Gasteiger partial charge in [-0.05, 0) is 37.6 Å². The summed E-state index contributed by atoms with van der Waals surface area (Å²) in [6.07, 6.45) is 3.38. The van der Waals surface area contributed by atoms with Crippen LogP contribution in [0.15, 0.2) is 18.2 Å². The molecular formula is C13H19FN2O. The maximum absolute atomic E-state index is 13.3. The second-order valence-corrected chi connectivity index (χ2v) is 4.47. The standard InChI is InChI=1S/C13H19FN2O/c1-17-12-6-5-9(14)8-10(12)13(15)11-4-2-3-7-16-11/h5-6,8,11,13,16H,2-4,7,15H2,1H3. The van der Waals surface area contributed by atoms with Crippen molar-refractivity contribution in [2.45, 2.75) is 31.3 Å². The van der Waals surface area contributed by atoms with E-state index in [1.165, 1.54) is 25.0 Å². The van der Waals surface area contributed by atoms with Gasteiger partial charge in [-0.3, -0.25) is 0 Å². The molecular weight excluding hydrogens is 219 g/mol. The number of ether oxygens (including phenoxy) is 1. The second kappa shape index (κ2) is 5.47. The molecule has 1 aliphatic heterocycles. The van der Waals surface area contributed by atoms with Crippen molar-refractivity contribution in [3.63, 3.8) is 0 Å². The molecule has 1 aromatic rings. The predicted molar refractivity (Wildman–Crippen MR) is 65.5 cm³/mol. The first-order valence-electron chi connectivity index (χ1n) is 6.05. The van der Waals surface area contributed by atoms with Crippen LogP contribution in [0.1, 0.15) is 30.9 Å². The average molecular weight is 238 g/mol. The Morgan fingerprint density at radius 1 is 1.47 bits per heavy atom. The summed E-state index contributed by atoms with van der Waals surface area (Å²) in [6.45, 7) is 0.982. The van der Waals surface area contributed by atoms with E-state index in [0.29, 0.717) is 5.75 Å². The molecule has 17 heavy (non-hydrogen) atoms. The number of rotatable bonds is 3. The Morgan fingerprint density at radius 2 is 2.29 bits per heavy atom. The Labute approximate surface area is 101 Å². The summed E-state index contributed by atoms with van der Waals surface area (Å²) < 4.78 is 18.5. The summed E-state index contributed by atoms with van der Waals surface area (Å²) >= 11 is 0. The second-order valence-electron chi connectivity index (χ2n) is 4.47. The van der Waals surface area contributed by atoms with E-state index in [4.69, 9.17) is 10.5 Å². The number of nitrogens with one attached hydrogen (secondary N) is 1. The molecule has 2 unspecified atom stereocenters. The van der Waals surface area contributed by atoms with Gasteiger partial charge in [0.15, 0.2) is 0 Å². The summed E-state index contributed by atoms with van der Waals surface area (Å²) in [7, 11) is 1.58. The van der Waals surface area contributed by atoms with Gasteiger partial charge in [0.25, 0.3) is 0 Å². The largest absolute Gasteiger partial charge is 0.496 e. The van der Waals surface area contributed by atoms with Gasteiger partial charge >= 0.3 is 0 Å². The van der Waals surface area contributed by atoms with Crippen LogP contribution in [0.5, 0.6) is 5.75 Å². The highest BCUT2D eigenvalue weighted by molar-refractivity contribution is 5.37. The number of hydrogen-bond acceptors (Lipinski definition) is 3. The van der Waals surface area contributed by atoms with Crippen molar-refractivity contribution in [1.82, 2.24) is 5.32 Å². The van der Waals surface area contributed by atoms with Crippen LogP contribution in [0.3, 0.4) is 0 Å². The van der Waals surface area contributed by atoms with Crippen LogP contribution in [-0.2, 0) is 0 Å². The Balaban J connectivity index is 2.21. The molecule has 3 N–H and O–H groups in total. The lowest BCUT2D eigenvalue weighted by molar-refractivity contribution is 0.341. The molecule has 0 spiro atoms. The Bertz CT molecular complexity index is 378. The summed E-state index contributed by atoms with van der Waals surface area (Å²) in [4.78, 5) is 0. The fourth-order valence-corrected chi connectivity index (χ4v) is 2.37. The molecule has 1 fully saturated rings. The normalized spacial score (nSPS) is 22.2. The number of piperidine rings is 1. The molecule has 3 nitrogen and oxygen atoms in total.